The minimum atomic E-state index is 0.827. The molecule has 2 aliphatic heterocycles. The van der Waals surface area contributed by atoms with Gasteiger partial charge in [0.1, 0.15) is 0 Å². The molecule has 0 amide bonds. The van der Waals surface area contributed by atoms with Crippen LogP contribution >= 0.6 is 0 Å². The molecule has 0 unspecified atom stereocenters. The summed E-state index contributed by atoms with van der Waals surface area (Å²) in [5.74, 6) is 0.913. The van der Waals surface area contributed by atoms with Gasteiger partial charge in [0.15, 0.2) is 0 Å². The molecule has 3 heteroatoms. The van der Waals surface area contributed by atoms with Crippen LogP contribution in [-0.2, 0) is 6.54 Å². The smallest absolute Gasteiger partial charge is 0.0233 e. The maximum atomic E-state index is 2.82. The van der Waals surface area contributed by atoms with Gasteiger partial charge in [-0.1, -0.05) is 50.1 Å². The fourth-order valence-electron chi connectivity index (χ4n) is 5.56. The van der Waals surface area contributed by atoms with Crippen molar-refractivity contribution in [3.8, 4) is 0 Å². The molecule has 0 N–H and O–H groups in total. The Labute approximate surface area is 160 Å². The van der Waals surface area contributed by atoms with Crippen molar-refractivity contribution in [1.29, 1.82) is 0 Å². The minimum Gasteiger partial charge on any atom is -0.299 e. The number of rotatable bonds is 4. The number of likely N-dealkylation sites (tertiary alicyclic amines) is 1. The lowest BCUT2D eigenvalue weighted by molar-refractivity contribution is 0.0206. The van der Waals surface area contributed by atoms with E-state index in [2.05, 4.69) is 52.0 Å². The molecule has 3 nitrogen and oxygen atoms in total. The highest BCUT2D eigenvalue weighted by Gasteiger charge is 2.32. The van der Waals surface area contributed by atoms with Crippen molar-refractivity contribution in [3.05, 3.63) is 35.9 Å². The van der Waals surface area contributed by atoms with Crippen LogP contribution in [0.15, 0.2) is 30.3 Å². The van der Waals surface area contributed by atoms with Crippen molar-refractivity contribution in [1.82, 2.24) is 14.7 Å². The van der Waals surface area contributed by atoms with Crippen LogP contribution in [0, 0.1) is 5.92 Å². The molecule has 3 aliphatic rings. The van der Waals surface area contributed by atoms with Gasteiger partial charge < -0.3 is 0 Å². The summed E-state index contributed by atoms with van der Waals surface area (Å²) in [5.41, 5.74) is 1.46. The SMILES string of the molecule is C[C@H]1CCCC[C@@H]1N1CCN(C2CCN(Cc3ccccc3)CC2)CC1. The van der Waals surface area contributed by atoms with E-state index in [4.69, 9.17) is 0 Å². The van der Waals surface area contributed by atoms with Gasteiger partial charge in [0.05, 0.1) is 0 Å². The van der Waals surface area contributed by atoms with Gasteiger partial charge in [0, 0.05) is 44.8 Å². The highest BCUT2D eigenvalue weighted by molar-refractivity contribution is 5.14. The van der Waals surface area contributed by atoms with Crippen LogP contribution in [0.2, 0.25) is 0 Å². The number of nitrogens with zero attached hydrogens (tertiary/aromatic N) is 3. The maximum Gasteiger partial charge on any atom is 0.0233 e. The standard InChI is InChI=1S/C23H37N3/c1-20-7-5-6-10-23(20)26-17-15-25(16-18-26)22-11-13-24(14-12-22)19-21-8-3-2-4-9-21/h2-4,8-9,20,22-23H,5-7,10-19H2,1H3/t20-,23-/m0/s1. The molecule has 1 aromatic carbocycles. The molecule has 0 aromatic heterocycles. The molecule has 1 aromatic rings. The summed E-state index contributed by atoms with van der Waals surface area (Å²) in [6.45, 7) is 11.3. The Kier molecular flexibility index (Phi) is 6.29. The fraction of sp³-hybridized carbons (Fsp3) is 0.739. The Hall–Kier alpha value is -0.900. The Morgan fingerprint density at radius 2 is 1.42 bits per heavy atom. The third-order valence-electron chi connectivity index (χ3n) is 7.21. The monoisotopic (exact) mass is 355 g/mol. The second kappa shape index (κ2) is 8.86. The lowest BCUT2D eigenvalue weighted by Gasteiger charge is -2.46. The van der Waals surface area contributed by atoms with Gasteiger partial charge >= 0.3 is 0 Å². The summed E-state index contributed by atoms with van der Waals surface area (Å²) in [4.78, 5) is 8.28. The van der Waals surface area contributed by atoms with Crippen LogP contribution in [0.3, 0.4) is 0 Å². The van der Waals surface area contributed by atoms with Crippen LogP contribution in [0.1, 0.15) is 51.0 Å². The molecule has 0 spiro atoms. The lowest BCUT2D eigenvalue weighted by atomic mass is 9.84. The highest BCUT2D eigenvalue weighted by atomic mass is 15.3. The van der Waals surface area contributed by atoms with Crippen LogP contribution in [0.4, 0.5) is 0 Å². The maximum absolute atomic E-state index is 2.82. The Morgan fingerprint density at radius 3 is 2.12 bits per heavy atom. The van der Waals surface area contributed by atoms with Crippen molar-refractivity contribution in [2.24, 2.45) is 5.92 Å². The molecule has 0 radical (unpaired) electrons. The third-order valence-corrected chi connectivity index (χ3v) is 7.21. The molecule has 3 fully saturated rings. The molecule has 1 saturated carbocycles. The second-order valence-corrected chi connectivity index (χ2v) is 8.89. The molecular weight excluding hydrogens is 318 g/mol. The first kappa shape index (κ1) is 18.5. The molecule has 2 heterocycles. The zero-order chi connectivity index (χ0) is 17.8. The topological polar surface area (TPSA) is 9.72 Å². The molecule has 26 heavy (non-hydrogen) atoms. The van der Waals surface area contributed by atoms with Crippen molar-refractivity contribution in [2.75, 3.05) is 39.3 Å². The third kappa shape index (κ3) is 4.49. The second-order valence-electron chi connectivity index (χ2n) is 8.89. The van der Waals surface area contributed by atoms with E-state index in [0.29, 0.717) is 0 Å². The largest absolute Gasteiger partial charge is 0.299 e. The van der Waals surface area contributed by atoms with Gasteiger partial charge in [0.2, 0.25) is 0 Å². The van der Waals surface area contributed by atoms with E-state index in [1.54, 1.807) is 0 Å². The molecule has 2 saturated heterocycles. The zero-order valence-corrected chi connectivity index (χ0v) is 16.7. The van der Waals surface area contributed by atoms with E-state index in [1.165, 1.54) is 83.4 Å². The van der Waals surface area contributed by atoms with Crippen molar-refractivity contribution >= 4 is 0 Å². The zero-order valence-electron chi connectivity index (χ0n) is 16.7. The lowest BCUT2D eigenvalue weighted by Crippen LogP contribution is -2.56. The molecule has 144 valence electrons. The summed E-state index contributed by atoms with van der Waals surface area (Å²) < 4.78 is 0. The van der Waals surface area contributed by atoms with E-state index >= 15 is 0 Å². The first-order valence-corrected chi connectivity index (χ1v) is 11.0. The number of hydrogen-bond donors (Lipinski definition) is 0. The first-order chi connectivity index (χ1) is 12.8. The van der Waals surface area contributed by atoms with E-state index in [0.717, 1.165) is 24.5 Å². The molecular formula is C23H37N3. The molecule has 4 rings (SSSR count). The summed E-state index contributed by atoms with van der Waals surface area (Å²) in [6, 6.07) is 12.7. The number of piperazine rings is 1. The molecule has 2 atom stereocenters. The summed E-state index contributed by atoms with van der Waals surface area (Å²) in [6.07, 6.45) is 8.51. The minimum absolute atomic E-state index is 0.827. The van der Waals surface area contributed by atoms with Gasteiger partial charge in [-0.3, -0.25) is 14.7 Å². The van der Waals surface area contributed by atoms with Crippen molar-refractivity contribution in [3.63, 3.8) is 0 Å². The van der Waals surface area contributed by atoms with Gasteiger partial charge in [0.25, 0.3) is 0 Å². The van der Waals surface area contributed by atoms with Crippen molar-refractivity contribution < 1.29 is 0 Å². The van der Waals surface area contributed by atoms with Gasteiger partial charge in [-0.15, -0.1) is 0 Å². The molecule has 1 aliphatic carbocycles. The van der Waals surface area contributed by atoms with Crippen LogP contribution in [0.5, 0.6) is 0 Å². The normalized spacial score (nSPS) is 30.5. The Morgan fingerprint density at radius 1 is 0.769 bits per heavy atom. The first-order valence-electron chi connectivity index (χ1n) is 11.0. The Balaban J connectivity index is 1.21. The van der Waals surface area contributed by atoms with Crippen molar-refractivity contribution in [2.45, 2.75) is 64.1 Å². The van der Waals surface area contributed by atoms with Gasteiger partial charge in [-0.25, -0.2) is 0 Å². The number of piperidine rings is 1. The average Bonchev–Trinajstić information content (AvgIpc) is 2.70. The average molecular weight is 356 g/mol. The fourth-order valence-corrected chi connectivity index (χ4v) is 5.56. The van der Waals surface area contributed by atoms with Crippen LogP contribution < -0.4 is 0 Å². The number of benzene rings is 1. The van der Waals surface area contributed by atoms with E-state index in [1.807, 2.05) is 0 Å². The van der Waals surface area contributed by atoms with Crippen LogP contribution in [-0.4, -0.2) is 66.1 Å². The highest BCUT2D eigenvalue weighted by Crippen LogP contribution is 2.29. The predicted octanol–water partition coefficient (Wildman–Crippen LogP) is 3.85. The van der Waals surface area contributed by atoms with Gasteiger partial charge in [-0.2, -0.15) is 0 Å². The van der Waals surface area contributed by atoms with Crippen LogP contribution in [0.25, 0.3) is 0 Å². The summed E-state index contributed by atoms with van der Waals surface area (Å²) in [5, 5.41) is 0. The van der Waals surface area contributed by atoms with E-state index in [-0.39, 0.29) is 0 Å². The number of hydrogen-bond acceptors (Lipinski definition) is 3. The van der Waals surface area contributed by atoms with E-state index < -0.39 is 0 Å². The Bertz CT molecular complexity index is 530. The quantitative estimate of drug-likeness (QED) is 0.812. The predicted molar refractivity (Wildman–Crippen MR) is 109 cm³/mol. The molecule has 0 bridgehead atoms. The van der Waals surface area contributed by atoms with Gasteiger partial charge in [-0.05, 0) is 50.3 Å². The summed E-state index contributed by atoms with van der Waals surface area (Å²) in [7, 11) is 0. The summed E-state index contributed by atoms with van der Waals surface area (Å²) >= 11 is 0. The van der Waals surface area contributed by atoms with E-state index in [9.17, 15) is 0 Å².